The number of thioether (sulfide) groups is 1. The molecule has 0 bridgehead atoms. The maximum atomic E-state index is 12.8. The zero-order valence-corrected chi connectivity index (χ0v) is 13.6. The fraction of sp³-hybridized carbons (Fsp3) is 0.111. The van der Waals surface area contributed by atoms with Crippen molar-refractivity contribution in [1.82, 2.24) is 9.78 Å². The van der Waals surface area contributed by atoms with Crippen molar-refractivity contribution in [3.8, 4) is 5.69 Å². The lowest BCUT2D eigenvalue weighted by Crippen LogP contribution is -2.07. The molecule has 0 fully saturated rings. The number of benzene rings is 2. The zero-order valence-electron chi connectivity index (χ0n) is 12.8. The van der Waals surface area contributed by atoms with Crippen LogP contribution in [0.5, 0.6) is 0 Å². The lowest BCUT2D eigenvalue weighted by atomic mass is 10.2. The van der Waals surface area contributed by atoms with Gasteiger partial charge in [0.1, 0.15) is 12.4 Å². The standard InChI is InChI=1S/C18H15FN2O2S/c19-15-4-8-17(9-5-15)24-13-18(22)23-12-14-2-6-16(7-3-14)21-11-1-10-20-21/h1-11H,12-13H2. The number of hydrogen-bond donors (Lipinski definition) is 0. The highest BCUT2D eigenvalue weighted by molar-refractivity contribution is 8.00. The first-order valence-electron chi connectivity index (χ1n) is 7.34. The van der Waals surface area contributed by atoms with Crippen LogP contribution in [-0.4, -0.2) is 21.5 Å². The summed E-state index contributed by atoms with van der Waals surface area (Å²) in [6.45, 7) is 0.224. The van der Waals surface area contributed by atoms with Gasteiger partial charge in [0.05, 0.1) is 11.4 Å². The van der Waals surface area contributed by atoms with E-state index in [1.54, 1.807) is 23.0 Å². The molecule has 1 heterocycles. The Morgan fingerprint density at radius 2 is 1.88 bits per heavy atom. The van der Waals surface area contributed by atoms with Gasteiger partial charge in [0.25, 0.3) is 0 Å². The second-order valence-corrected chi connectivity index (χ2v) is 6.07. The van der Waals surface area contributed by atoms with Crippen molar-refractivity contribution in [3.63, 3.8) is 0 Å². The Labute approximate surface area is 143 Å². The molecule has 0 unspecified atom stereocenters. The second kappa shape index (κ2) is 7.79. The summed E-state index contributed by atoms with van der Waals surface area (Å²) >= 11 is 1.32. The highest BCUT2D eigenvalue weighted by Crippen LogP contribution is 2.18. The van der Waals surface area contributed by atoms with E-state index in [0.717, 1.165) is 16.1 Å². The molecule has 3 aromatic rings. The average Bonchev–Trinajstić information content (AvgIpc) is 3.14. The van der Waals surface area contributed by atoms with Crippen molar-refractivity contribution >= 4 is 17.7 Å². The largest absolute Gasteiger partial charge is 0.460 e. The van der Waals surface area contributed by atoms with Crippen molar-refractivity contribution in [1.29, 1.82) is 0 Å². The van der Waals surface area contributed by atoms with Gasteiger partial charge in [0.2, 0.25) is 0 Å². The minimum absolute atomic E-state index is 0.191. The zero-order chi connectivity index (χ0) is 16.8. The molecule has 0 saturated heterocycles. The molecule has 2 aromatic carbocycles. The molecule has 3 rings (SSSR count). The lowest BCUT2D eigenvalue weighted by Gasteiger charge is -2.06. The van der Waals surface area contributed by atoms with Crippen LogP contribution in [0.4, 0.5) is 4.39 Å². The number of nitrogens with zero attached hydrogens (tertiary/aromatic N) is 2. The molecule has 0 aliphatic carbocycles. The fourth-order valence-corrected chi connectivity index (χ4v) is 2.74. The Morgan fingerprint density at radius 3 is 2.54 bits per heavy atom. The molecular weight excluding hydrogens is 327 g/mol. The first-order chi connectivity index (χ1) is 11.7. The van der Waals surface area contributed by atoms with Crippen molar-refractivity contribution in [3.05, 3.63) is 78.4 Å². The van der Waals surface area contributed by atoms with E-state index >= 15 is 0 Å². The van der Waals surface area contributed by atoms with E-state index in [1.807, 2.05) is 36.5 Å². The highest BCUT2D eigenvalue weighted by atomic mass is 32.2. The van der Waals surface area contributed by atoms with Crippen LogP contribution in [0.3, 0.4) is 0 Å². The van der Waals surface area contributed by atoms with Crippen molar-refractivity contribution < 1.29 is 13.9 Å². The van der Waals surface area contributed by atoms with Crippen molar-refractivity contribution in [2.75, 3.05) is 5.75 Å². The number of ether oxygens (including phenoxy) is 1. The quantitative estimate of drug-likeness (QED) is 0.504. The van der Waals surface area contributed by atoms with Crippen LogP contribution in [0.1, 0.15) is 5.56 Å². The van der Waals surface area contributed by atoms with Crippen LogP contribution in [0.2, 0.25) is 0 Å². The van der Waals surface area contributed by atoms with Gasteiger partial charge in [-0.25, -0.2) is 9.07 Å². The Kier molecular flexibility index (Phi) is 5.28. The maximum absolute atomic E-state index is 12.8. The van der Waals surface area contributed by atoms with Crippen LogP contribution in [0.15, 0.2) is 71.9 Å². The Morgan fingerprint density at radius 1 is 1.12 bits per heavy atom. The molecule has 122 valence electrons. The Balaban J connectivity index is 1.46. The van der Waals surface area contributed by atoms with Gasteiger partial charge in [0.15, 0.2) is 0 Å². The van der Waals surface area contributed by atoms with Crippen LogP contribution >= 0.6 is 11.8 Å². The highest BCUT2D eigenvalue weighted by Gasteiger charge is 2.05. The molecule has 0 spiro atoms. The molecule has 0 radical (unpaired) electrons. The van der Waals surface area contributed by atoms with Crippen LogP contribution in [0, 0.1) is 5.82 Å². The van der Waals surface area contributed by atoms with Gasteiger partial charge in [-0.2, -0.15) is 5.10 Å². The molecule has 4 nitrogen and oxygen atoms in total. The van der Waals surface area contributed by atoms with Gasteiger partial charge in [0, 0.05) is 17.3 Å². The summed E-state index contributed by atoms with van der Waals surface area (Å²) in [6.07, 6.45) is 3.58. The average molecular weight is 342 g/mol. The smallest absolute Gasteiger partial charge is 0.316 e. The van der Waals surface area contributed by atoms with Gasteiger partial charge in [-0.1, -0.05) is 12.1 Å². The van der Waals surface area contributed by atoms with Crippen LogP contribution < -0.4 is 0 Å². The molecule has 6 heteroatoms. The van der Waals surface area contributed by atoms with E-state index in [-0.39, 0.29) is 24.1 Å². The van der Waals surface area contributed by atoms with Gasteiger partial charge in [-0.05, 0) is 48.0 Å². The number of esters is 1. The Bertz CT molecular complexity index is 787. The molecule has 0 aliphatic heterocycles. The summed E-state index contributed by atoms with van der Waals surface area (Å²) < 4.78 is 19.8. The normalized spacial score (nSPS) is 10.5. The second-order valence-electron chi connectivity index (χ2n) is 5.02. The monoisotopic (exact) mass is 342 g/mol. The summed E-state index contributed by atoms with van der Waals surface area (Å²) in [6, 6.07) is 15.5. The van der Waals surface area contributed by atoms with Gasteiger partial charge >= 0.3 is 5.97 Å². The predicted molar refractivity (Wildman–Crippen MR) is 90.5 cm³/mol. The van der Waals surface area contributed by atoms with Crippen LogP contribution in [-0.2, 0) is 16.1 Å². The third-order valence-electron chi connectivity index (χ3n) is 3.28. The summed E-state index contributed by atoms with van der Waals surface area (Å²) in [5.74, 6) is -0.405. The molecule has 0 N–H and O–H groups in total. The summed E-state index contributed by atoms with van der Waals surface area (Å²) in [5, 5.41) is 4.15. The Hall–Kier alpha value is -2.60. The molecule has 0 aliphatic rings. The fourth-order valence-electron chi connectivity index (χ4n) is 2.05. The molecule has 24 heavy (non-hydrogen) atoms. The lowest BCUT2D eigenvalue weighted by molar-refractivity contribution is -0.141. The van der Waals surface area contributed by atoms with Gasteiger partial charge in [-0.15, -0.1) is 11.8 Å². The molecule has 0 saturated carbocycles. The third-order valence-corrected chi connectivity index (χ3v) is 4.26. The van der Waals surface area contributed by atoms with E-state index in [1.165, 1.54) is 23.9 Å². The number of rotatable bonds is 6. The number of aromatic nitrogens is 2. The topological polar surface area (TPSA) is 44.1 Å². The van der Waals surface area contributed by atoms with Crippen molar-refractivity contribution in [2.45, 2.75) is 11.5 Å². The minimum atomic E-state index is -0.305. The summed E-state index contributed by atoms with van der Waals surface area (Å²) in [4.78, 5) is 12.6. The number of carbonyl (C=O) groups is 1. The van der Waals surface area contributed by atoms with Crippen molar-refractivity contribution in [2.24, 2.45) is 0 Å². The predicted octanol–water partition coefficient (Wildman–Crippen LogP) is 3.85. The molecule has 0 atom stereocenters. The third kappa shape index (κ3) is 4.45. The van der Waals surface area contributed by atoms with Gasteiger partial charge in [-0.3, -0.25) is 4.79 Å². The SMILES string of the molecule is O=C(CSc1ccc(F)cc1)OCc1ccc(-n2cccn2)cc1. The van der Waals surface area contributed by atoms with E-state index < -0.39 is 0 Å². The maximum Gasteiger partial charge on any atom is 0.316 e. The van der Waals surface area contributed by atoms with Crippen LogP contribution in [0.25, 0.3) is 5.69 Å². The molecule has 1 aromatic heterocycles. The summed E-state index contributed by atoms with van der Waals surface area (Å²) in [5.41, 5.74) is 1.85. The number of hydrogen-bond acceptors (Lipinski definition) is 4. The molecular formula is C18H15FN2O2S. The van der Waals surface area contributed by atoms with E-state index in [0.29, 0.717) is 0 Å². The summed E-state index contributed by atoms with van der Waals surface area (Å²) in [7, 11) is 0. The first kappa shape index (κ1) is 16.3. The van der Waals surface area contributed by atoms with E-state index in [4.69, 9.17) is 4.74 Å². The van der Waals surface area contributed by atoms with E-state index in [9.17, 15) is 9.18 Å². The molecule has 0 amide bonds. The van der Waals surface area contributed by atoms with E-state index in [2.05, 4.69) is 5.10 Å². The number of carbonyl (C=O) groups excluding carboxylic acids is 1. The number of halogens is 1. The van der Waals surface area contributed by atoms with Gasteiger partial charge < -0.3 is 4.74 Å². The minimum Gasteiger partial charge on any atom is -0.460 e. The first-order valence-corrected chi connectivity index (χ1v) is 8.32.